The Bertz CT molecular complexity index is 493. The summed E-state index contributed by atoms with van der Waals surface area (Å²) >= 11 is 0. The van der Waals surface area contributed by atoms with Gasteiger partial charge in [-0.15, -0.1) is 0 Å². The van der Waals surface area contributed by atoms with Crippen molar-refractivity contribution in [1.29, 1.82) is 0 Å². The molecule has 6 heteroatoms. The summed E-state index contributed by atoms with van der Waals surface area (Å²) in [5, 5.41) is 0. The third kappa shape index (κ3) is 3.87. The molecule has 0 aliphatic heterocycles. The highest BCUT2D eigenvalue weighted by Gasteiger charge is 2.44. The molecule has 0 amide bonds. The molecule has 0 bridgehead atoms. The zero-order valence-electron chi connectivity index (χ0n) is 11.8. The second-order valence-corrected chi connectivity index (χ2v) is 5.82. The van der Waals surface area contributed by atoms with E-state index in [0.717, 1.165) is 0 Å². The van der Waals surface area contributed by atoms with Gasteiger partial charge < -0.3 is 10.5 Å². The van der Waals surface area contributed by atoms with E-state index in [9.17, 15) is 17.6 Å². The van der Waals surface area contributed by atoms with Crippen LogP contribution < -0.4 is 10.5 Å². The smallest absolute Gasteiger partial charge is 0.391 e. The van der Waals surface area contributed by atoms with E-state index in [1.807, 2.05) is 0 Å². The Labute approximate surface area is 121 Å². The lowest BCUT2D eigenvalue weighted by molar-refractivity contribution is -0.184. The van der Waals surface area contributed by atoms with Crippen molar-refractivity contribution in [3.8, 4) is 5.75 Å². The Morgan fingerprint density at radius 3 is 2.38 bits per heavy atom. The minimum atomic E-state index is -4.15. The number of ether oxygens (including phenoxy) is 1. The lowest BCUT2D eigenvalue weighted by Crippen LogP contribution is -2.47. The van der Waals surface area contributed by atoms with E-state index in [-0.39, 0.29) is 18.6 Å². The van der Waals surface area contributed by atoms with Crippen molar-refractivity contribution >= 4 is 0 Å². The van der Waals surface area contributed by atoms with Crippen molar-refractivity contribution in [1.82, 2.24) is 0 Å². The first kappa shape index (κ1) is 16.1. The number of benzene rings is 1. The van der Waals surface area contributed by atoms with Crippen LogP contribution >= 0.6 is 0 Å². The molecule has 2 rings (SSSR count). The molecule has 0 saturated heterocycles. The van der Waals surface area contributed by atoms with Gasteiger partial charge in [0.15, 0.2) is 11.6 Å². The van der Waals surface area contributed by atoms with Crippen LogP contribution in [0, 0.1) is 11.7 Å². The van der Waals surface area contributed by atoms with Crippen LogP contribution in [0.3, 0.4) is 0 Å². The van der Waals surface area contributed by atoms with E-state index in [4.69, 9.17) is 10.5 Å². The summed E-state index contributed by atoms with van der Waals surface area (Å²) in [7, 11) is 1.38. The van der Waals surface area contributed by atoms with Crippen LogP contribution in [0.15, 0.2) is 18.2 Å². The Morgan fingerprint density at radius 1 is 1.29 bits per heavy atom. The molecule has 21 heavy (non-hydrogen) atoms. The number of alkyl halides is 3. The number of nitrogens with two attached hydrogens (primary N) is 1. The normalized spacial score (nSPS) is 26.7. The highest BCUT2D eigenvalue weighted by Crippen LogP contribution is 2.41. The monoisotopic (exact) mass is 305 g/mol. The van der Waals surface area contributed by atoms with Gasteiger partial charge in [0.2, 0.25) is 0 Å². The maximum Gasteiger partial charge on any atom is 0.391 e. The largest absolute Gasteiger partial charge is 0.494 e. The Hall–Kier alpha value is -1.30. The van der Waals surface area contributed by atoms with Crippen molar-refractivity contribution in [2.45, 2.75) is 43.8 Å². The highest BCUT2D eigenvalue weighted by atomic mass is 19.4. The van der Waals surface area contributed by atoms with Gasteiger partial charge in [-0.2, -0.15) is 13.2 Å². The zero-order valence-corrected chi connectivity index (χ0v) is 11.8. The number of rotatable bonds is 3. The molecule has 0 radical (unpaired) electrons. The number of hydrogen-bond acceptors (Lipinski definition) is 2. The molecule has 1 saturated carbocycles. The summed E-state index contributed by atoms with van der Waals surface area (Å²) in [6.45, 7) is 0. The van der Waals surface area contributed by atoms with Gasteiger partial charge in [0, 0.05) is 5.54 Å². The Kier molecular flexibility index (Phi) is 4.46. The van der Waals surface area contributed by atoms with E-state index in [0.29, 0.717) is 24.8 Å². The highest BCUT2D eigenvalue weighted by molar-refractivity contribution is 5.30. The quantitative estimate of drug-likeness (QED) is 0.862. The lowest BCUT2D eigenvalue weighted by Gasteiger charge is -2.38. The van der Waals surface area contributed by atoms with Gasteiger partial charge in [-0.05, 0) is 49.8 Å². The molecule has 118 valence electrons. The molecule has 1 aliphatic rings. The summed E-state index contributed by atoms with van der Waals surface area (Å²) in [5.74, 6) is -1.60. The summed E-state index contributed by atoms with van der Waals surface area (Å²) in [5.41, 5.74) is 6.19. The minimum Gasteiger partial charge on any atom is -0.494 e. The second kappa shape index (κ2) is 5.83. The third-order valence-corrected chi connectivity index (χ3v) is 4.22. The van der Waals surface area contributed by atoms with E-state index in [1.165, 1.54) is 19.2 Å². The van der Waals surface area contributed by atoms with Gasteiger partial charge in [-0.3, -0.25) is 0 Å². The maximum absolute atomic E-state index is 13.6. The number of halogens is 4. The lowest BCUT2D eigenvalue weighted by atomic mass is 9.74. The van der Waals surface area contributed by atoms with Crippen molar-refractivity contribution in [2.24, 2.45) is 11.7 Å². The van der Waals surface area contributed by atoms with E-state index >= 15 is 0 Å². The molecule has 2 nitrogen and oxygen atoms in total. The van der Waals surface area contributed by atoms with Crippen LogP contribution in [0.4, 0.5) is 17.6 Å². The molecule has 0 heterocycles. The van der Waals surface area contributed by atoms with Gasteiger partial charge in [0.25, 0.3) is 0 Å². The summed E-state index contributed by atoms with van der Waals surface area (Å²) < 4.78 is 56.4. The summed E-state index contributed by atoms with van der Waals surface area (Å²) in [6.07, 6.45) is -3.10. The average Bonchev–Trinajstić information content (AvgIpc) is 2.38. The van der Waals surface area contributed by atoms with Gasteiger partial charge in [0.05, 0.1) is 13.0 Å². The molecule has 2 N–H and O–H groups in total. The number of methoxy groups -OCH3 is 1. The standard InChI is InChI=1S/C15H19F4NO/c1-21-13-3-2-10(8-12(13)16)9-14(20)6-4-11(5-7-14)15(17,18)19/h2-3,8,11H,4-7,9,20H2,1H3. The average molecular weight is 305 g/mol. The van der Waals surface area contributed by atoms with Gasteiger partial charge in [0.1, 0.15) is 0 Å². The topological polar surface area (TPSA) is 35.2 Å². The SMILES string of the molecule is COc1ccc(CC2(N)CCC(C(F)(F)F)CC2)cc1F. The molecule has 0 atom stereocenters. The van der Waals surface area contributed by atoms with E-state index in [2.05, 4.69) is 0 Å². The molecular formula is C15H19F4NO. The maximum atomic E-state index is 13.6. The van der Waals surface area contributed by atoms with Crippen LogP contribution in [0.1, 0.15) is 31.2 Å². The van der Waals surface area contributed by atoms with Gasteiger partial charge in [-0.25, -0.2) is 4.39 Å². The van der Waals surface area contributed by atoms with Gasteiger partial charge in [-0.1, -0.05) is 6.07 Å². The van der Waals surface area contributed by atoms with Crippen LogP contribution in [0.5, 0.6) is 5.75 Å². The number of hydrogen-bond donors (Lipinski definition) is 1. The molecule has 0 unspecified atom stereocenters. The fourth-order valence-electron chi connectivity index (χ4n) is 2.92. The predicted octanol–water partition coefficient (Wildman–Crippen LogP) is 3.83. The van der Waals surface area contributed by atoms with E-state index < -0.39 is 23.5 Å². The first-order valence-corrected chi connectivity index (χ1v) is 6.91. The first-order chi connectivity index (χ1) is 9.73. The molecule has 1 aliphatic carbocycles. The molecule has 1 aromatic carbocycles. The van der Waals surface area contributed by atoms with Crippen molar-refractivity contribution in [3.05, 3.63) is 29.6 Å². The van der Waals surface area contributed by atoms with Crippen LogP contribution in [0.25, 0.3) is 0 Å². The van der Waals surface area contributed by atoms with Crippen LogP contribution in [-0.4, -0.2) is 18.8 Å². The Morgan fingerprint density at radius 2 is 1.90 bits per heavy atom. The van der Waals surface area contributed by atoms with Crippen LogP contribution in [0.2, 0.25) is 0 Å². The summed E-state index contributed by atoms with van der Waals surface area (Å²) in [4.78, 5) is 0. The van der Waals surface area contributed by atoms with Crippen molar-refractivity contribution in [2.75, 3.05) is 7.11 Å². The predicted molar refractivity (Wildman–Crippen MR) is 71.6 cm³/mol. The summed E-state index contributed by atoms with van der Waals surface area (Å²) in [6, 6.07) is 4.55. The van der Waals surface area contributed by atoms with Crippen molar-refractivity contribution < 1.29 is 22.3 Å². The minimum absolute atomic E-state index is 0.0403. The molecule has 1 fully saturated rings. The zero-order chi connectivity index (χ0) is 15.7. The molecule has 0 spiro atoms. The first-order valence-electron chi connectivity index (χ1n) is 6.91. The molecule has 0 aromatic heterocycles. The van der Waals surface area contributed by atoms with Gasteiger partial charge >= 0.3 is 6.18 Å². The molecule has 1 aromatic rings. The fourth-order valence-corrected chi connectivity index (χ4v) is 2.92. The Balaban J connectivity index is 2.02. The van der Waals surface area contributed by atoms with Crippen LogP contribution in [-0.2, 0) is 6.42 Å². The van der Waals surface area contributed by atoms with E-state index in [1.54, 1.807) is 6.07 Å². The second-order valence-electron chi connectivity index (χ2n) is 5.82. The van der Waals surface area contributed by atoms with Crippen molar-refractivity contribution in [3.63, 3.8) is 0 Å². The molecular weight excluding hydrogens is 286 g/mol. The third-order valence-electron chi connectivity index (χ3n) is 4.22. The fraction of sp³-hybridized carbons (Fsp3) is 0.600.